The predicted octanol–water partition coefficient (Wildman–Crippen LogP) is 0.481. The lowest BCUT2D eigenvalue weighted by molar-refractivity contribution is -0.295. The summed E-state index contributed by atoms with van der Waals surface area (Å²) < 4.78 is 9.70. The lowest BCUT2D eigenvalue weighted by atomic mass is 10.5. The van der Waals surface area contributed by atoms with Crippen LogP contribution in [-0.2, 0) is 9.47 Å². The molecule has 0 unspecified atom stereocenters. The molecule has 0 aromatic carbocycles. The molecule has 0 spiro atoms. The normalized spacial score (nSPS) is 10.9. The third-order valence-electron chi connectivity index (χ3n) is 1.28. The Balaban J connectivity index is 3.69. The van der Waals surface area contributed by atoms with Gasteiger partial charge < -0.3 is 19.7 Å². The van der Waals surface area contributed by atoms with Gasteiger partial charge in [0.2, 0.25) is 0 Å². The van der Waals surface area contributed by atoms with Gasteiger partial charge in [0.1, 0.15) is 6.61 Å². The molecule has 0 bridgehead atoms. The van der Waals surface area contributed by atoms with Crippen LogP contribution in [-0.4, -0.2) is 36.0 Å². The van der Waals surface area contributed by atoms with Gasteiger partial charge in [-0.3, -0.25) is 0 Å². The average molecular weight is 202 g/mol. The Morgan fingerprint density at radius 2 is 1.79 bits per heavy atom. The molecule has 0 saturated carbocycles. The van der Waals surface area contributed by atoms with Crippen LogP contribution < -0.4 is 0 Å². The Kier molecular flexibility index (Phi) is 7.44. The van der Waals surface area contributed by atoms with Gasteiger partial charge in [0.15, 0.2) is 0 Å². The molecule has 4 heteroatoms. The Labute approximate surface area is 84.8 Å². The van der Waals surface area contributed by atoms with E-state index >= 15 is 0 Å². The zero-order valence-corrected chi connectivity index (χ0v) is 8.75. The van der Waals surface area contributed by atoms with Crippen LogP contribution in [0.3, 0.4) is 0 Å². The van der Waals surface area contributed by atoms with Gasteiger partial charge in [-0.1, -0.05) is 19.8 Å². The third-order valence-corrected chi connectivity index (χ3v) is 1.28. The molecule has 0 aliphatic carbocycles. The van der Waals surface area contributed by atoms with Gasteiger partial charge in [-0.15, -0.1) is 0 Å². The van der Waals surface area contributed by atoms with Crippen LogP contribution in [0.5, 0.6) is 0 Å². The van der Waals surface area contributed by atoms with E-state index < -0.39 is 5.97 Å². The van der Waals surface area contributed by atoms with E-state index in [9.17, 15) is 0 Å². The Bertz CT molecular complexity index is 190. The summed E-state index contributed by atoms with van der Waals surface area (Å²) in [5.41, 5.74) is 0. The van der Waals surface area contributed by atoms with Crippen molar-refractivity contribution in [2.75, 3.05) is 19.8 Å². The van der Waals surface area contributed by atoms with Crippen molar-refractivity contribution in [1.82, 2.24) is 0 Å². The highest BCUT2D eigenvalue weighted by Gasteiger charge is 2.19. The highest BCUT2D eigenvalue weighted by Crippen LogP contribution is 1.99. The van der Waals surface area contributed by atoms with Crippen molar-refractivity contribution in [3.05, 3.63) is 0 Å². The summed E-state index contributed by atoms with van der Waals surface area (Å²) >= 11 is 0. The fourth-order valence-electron chi connectivity index (χ4n) is 0.699. The van der Waals surface area contributed by atoms with Gasteiger partial charge in [-0.05, 0) is 18.8 Å². The Morgan fingerprint density at radius 3 is 2.36 bits per heavy atom. The first-order valence-corrected chi connectivity index (χ1v) is 4.79. The van der Waals surface area contributed by atoms with Gasteiger partial charge in [0, 0.05) is 6.61 Å². The third kappa shape index (κ3) is 8.02. The summed E-state index contributed by atoms with van der Waals surface area (Å²) in [6, 6.07) is 0. The molecule has 0 saturated heterocycles. The van der Waals surface area contributed by atoms with Crippen LogP contribution in [0.4, 0.5) is 0 Å². The van der Waals surface area contributed by atoms with E-state index in [-0.39, 0.29) is 13.2 Å². The van der Waals surface area contributed by atoms with E-state index in [1.54, 1.807) is 0 Å². The molecule has 0 rings (SSSR count). The fourth-order valence-corrected chi connectivity index (χ4v) is 0.699. The summed E-state index contributed by atoms with van der Waals surface area (Å²) in [4.78, 5) is 0. The van der Waals surface area contributed by atoms with E-state index in [1.807, 2.05) is 13.8 Å². The standard InChI is InChI=1S/C10H18O4/c1-3-7-13-9-5-6-10(11,12)14-8-4-2/h11-12H,3-4,7-9H2,1-2H3. The van der Waals surface area contributed by atoms with E-state index in [4.69, 9.17) is 14.9 Å². The highest BCUT2D eigenvalue weighted by atomic mass is 16.8. The summed E-state index contributed by atoms with van der Waals surface area (Å²) in [6.07, 6.45) is 1.62. The van der Waals surface area contributed by atoms with Crippen LogP contribution in [0.1, 0.15) is 26.7 Å². The fraction of sp³-hybridized carbons (Fsp3) is 0.800. The van der Waals surface area contributed by atoms with Gasteiger partial charge in [-0.25, -0.2) is 0 Å². The maximum Gasteiger partial charge on any atom is 0.348 e. The molecule has 4 nitrogen and oxygen atoms in total. The smallest absolute Gasteiger partial charge is 0.348 e. The minimum atomic E-state index is -2.34. The Morgan fingerprint density at radius 1 is 1.14 bits per heavy atom. The van der Waals surface area contributed by atoms with Gasteiger partial charge in [-0.2, -0.15) is 0 Å². The molecule has 0 atom stereocenters. The number of ether oxygens (including phenoxy) is 2. The monoisotopic (exact) mass is 202 g/mol. The SMILES string of the molecule is CCCOCC#CC(O)(O)OCCC. The molecule has 0 radical (unpaired) electrons. The summed E-state index contributed by atoms with van der Waals surface area (Å²) in [6.45, 7) is 4.92. The van der Waals surface area contributed by atoms with Crippen molar-refractivity contribution in [1.29, 1.82) is 0 Å². The molecule has 0 aromatic rings. The topological polar surface area (TPSA) is 58.9 Å². The van der Waals surface area contributed by atoms with E-state index in [0.29, 0.717) is 13.0 Å². The Hall–Kier alpha value is -0.600. The molecule has 82 valence electrons. The molecule has 0 aromatic heterocycles. The van der Waals surface area contributed by atoms with Gasteiger partial charge >= 0.3 is 5.97 Å². The maximum atomic E-state index is 9.11. The molecule has 0 amide bonds. The van der Waals surface area contributed by atoms with Gasteiger partial charge in [0.05, 0.1) is 6.61 Å². The van der Waals surface area contributed by atoms with Crippen molar-refractivity contribution < 1.29 is 19.7 Å². The van der Waals surface area contributed by atoms with E-state index in [1.165, 1.54) is 0 Å². The molecule has 0 fully saturated rings. The second kappa shape index (κ2) is 7.77. The quantitative estimate of drug-likeness (QED) is 0.374. The molecule has 14 heavy (non-hydrogen) atoms. The molecular formula is C10H18O4. The maximum absolute atomic E-state index is 9.11. The van der Waals surface area contributed by atoms with Crippen molar-refractivity contribution in [3.8, 4) is 11.8 Å². The summed E-state index contributed by atoms with van der Waals surface area (Å²) in [5, 5.41) is 18.2. The van der Waals surface area contributed by atoms with Gasteiger partial charge in [0.25, 0.3) is 0 Å². The molecule has 0 aliphatic heterocycles. The van der Waals surface area contributed by atoms with Crippen LogP contribution in [0.15, 0.2) is 0 Å². The first kappa shape index (κ1) is 13.4. The lowest BCUT2D eigenvalue weighted by Gasteiger charge is -2.14. The number of aliphatic hydroxyl groups is 2. The number of rotatable bonds is 6. The van der Waals surface area contributed by atoms with Crippen molar-refractivity contribution in [2.45, 2.75) is 32.7 Å². The minimum absolute atomic E-state index is 0.187. The van der Waals surface area contributed by atoms with E-state index in [0.717, 1.165) is 6.42 Å². The van der Waals surface area contributed by atoms with Crippen molar-refractivity contribution in [2.24, 2.45) is 0 Å². The van der Waals surface area contributed by atoms with Crippen molar-refractivity contribution in [3.63, 3.8) is 0 Å². The number of hydrogen-bond acceptors (Lipinski definition) is 4. The molecule has 0 heterocycles. The van der Waals surface area contributed by atoms with Crippen LogP contribution in [0.2, 0.25) is 0 Å². The van der Waals surface area contributed by atoms with Crippen LogP contribution in [0, 0.1) is 11.8 Å². The van der Waals surface area contributed by atoms with Crippen molar-refractivity contribution >= 4 is 0 Å². The highest BCUT2D eigenvalue weighted by molar-refractivity contribution is 5.05. The van der Waals surface area contributed by atoms with Crippen LogP contribution >= 0.6 is 0 Å². The van der Waals surface area contributed by atoms with E-state index in [2.05, 4.69) is 16.6 Å². The zero-order valence-electron chi connectivity index (χ0n) is 8.75. The summed E-state index contributed by atoms with van der Waals surface area (Å²) in [7, 11) is 0. The number of hydrogen-bond donors (Lipinski definition) is 2. The second-order valence-corrected chi connectivity index (χ2v) is 2.81. The first-order chi connectivity index (χ1) is 6.62. The predicted molar refractivity (Wildman–Crippen MR) is 52.3 cm³/mol. The molecule has 2 N–H and O–H groups in total. The molecule has 0 aliphatic rings. The largest absolute Gasteiger partial charge is 0.369 e. The first-order valence-electron chi connectivity index (χ1n) is 4.79. The average Bonchev–Trinajstić information content (AvgIpc) is 2.15. The second-order valence-electron chi connectivity index (χ2n) is 2.81. The lowest BCUT2D eigenvalue weighted by Crippen LogP contribution is -2.30. The minimum Gasteiger partial charge on any atom is -0.369 e. The van der Waals surface area contributed by atoms with Crippen LogP contribution in [0.25, 0.3) is 0 Å². The molecular weight excluding hydrogens is 184 g/mol. The summed E-state index contributed by atoms with van der Waals surface area (Å²) in [5.74, 6) is 2.30. The zero-order chi connectivity index (χ0) is 10.9.